The van der Waals surface area contributed by atoms with Crippen molar-refractivity contribution in [3.05, 3.63) is 52.8 Å². The van der Waals surface area contributed by atoms with Crippen LogP contribution in [0.1, 0.15) is 18.5 Å². The van der Waals surface area contributed by atoms with Crippen molar-refractivity contribution < 1.29 is 0 Å². The fourth-order valence-corrected chi connectivity index (χ4v) is 1.98. The standard InChI is InChI=1S/C13H14BrN3/c1-9(15)10-4-2-3-5-12(10)17-13-6-7-16-8-11(13)14/h2-9H,15H2,1H3,(H,16,17). The van der Waals surface area contributed by atoms with E-state index in [9.17, 15) is 0 Å². The lowest BCUT2D eigenvalue weighted by Gasteiger charge is -2.15. The molecule has 0 amide bonds. The minimum atomic E-state index is -0.000636. The van der Waals surface area contributed by atoms with Gasteiger partial charge in [-0.1, -0.05) is 18.2 Å². The summed E-state index contributed by atoms with van der Waals surface area (Å²) in [5.74, 6) is 0. The van der Waals surface area contributed by atoms with Gasteiger partial charge in [0.1, 0.15) is 0 Å². The molecule has 0 aliphatic rings. The van der Waals surface area contributed by atoms with Crippen LogP contribution < -0.4 is 11.1 Å². The highest BCUT2D eigenvalue weighted by Crippen LogP contribution is 2.28. The first-order chi connectivity index (χ1) is 8.18. The zero-order chi connectivity index (χ0) is 12.3. The van der Waals surface area contributed by atoms with Gasteiger partial charge in [0.15, 0.2) is 0 Å². The molecule has 0 radical (unpaired) electrons. The van der Waals surface area contributed by atoms with E-state index >= 15 is 0 Å². The summed E-state index contributed by atoms with van der Waals surface area (Å²) in [6.07, 6.45) is 3.51. The average Bonchev–Trinajstić information content (AvgIpc) is 2.32. The average molecular weight is 292 g/mol. The van der Waals surface area contributed by atoms with Gasteiger partial charge in [-0.3, -0.25) is 4.98 Å². The molecule has 17 heavy (non-hydrogen) atoms. The third-order valence-corrected chi connectivity index (χ3v) is 3.13. The van der Waals surface area contributed by atoms with Crippen molar-refractivity contribution >= 4 is 27.3 Å². The Balaban J connectivity index is 2.34. The topological polar surface area (TPSA) is 50.9 Å². The second-order valence-corrected chi connectivity index (χ2v) is 4.71. The van der Waals surface area contributed by atoms with E-state index in [0.29, 0.717) is 0 Å². The lowest BCUT2D eigenvalue weighted by molar-refractivity contribution is 0.820. The predicted octanol–water partition coefficient (Wildman–Crippen LogP) is 3.61. The van der Waals surface area contributed by atoms with Gasteiger partial charge in [-0.05, 0) is 40.5 Å². The van der Waals surface area contributed by atoms with Crippen molar-refractivity contribution in [2.75, 3.05) is 5.32 Å². The number of para-hydroxylation sites is 1. The van der Waals surface area contributed by atoms with E-state index in [1.54, 1.807) is 12.4 Å². The van der Waals surface area contributed by atoms with Crippen molar-refractivity contribution in [2.45, 2.75) is 13.0 Å². The van der Waals surface area contributed by atoms with E-state index in [-0.39, 0.29) is 6.04 Å². The number of anilines is 2. The fourth-order valence-electron chi connectivity index (χ4n) is 1.63. The number of nitrogens with two attached hydrogens (primary N) is 1. The summed E-state index contributed by atoms with van der Waals surface area (Å²) in [6.45, 7) is 1.97. The van der Waals surface area contributed by atoms with Gasteiger partial charge < -0.3 is 11.1 Å². The highest BCUT2D eigenvalue weighted by molar-refractivity contribution is 9.10. The molecule has 1 aromatic heterocycles. The van der Waals surface area contributed by atoms with E-state index in [0.717, 1.165) is 21.4 Å². The van der Waals surface area contributed by atoms with E-state index in [1.165, 1.54) is 0 Å². The first-order valence-corrected chi connectivity index (χ1v) is 6.19. The lowest BCUT2D eigenvalue weighted by Crippen LogP contribution is -2.08. The van der Waals surface area contributed by atoms with Crippen LogP contribution in [0.3, 0.4) is 0 Å². The number of benzene rings is 1. The molecule has 1 atom stereocenters. The smallest absolute Gasteiger partial charge is 0.0593 e. The summed E-state index contributed by atoms with van der Waals surface area (Å²) in [7, 11) is 0. The number of nitrogens with zero attached hydrogens (tertiary/aromatic N) is 1. The van der Waals surface area contributed by atoms with Gasteiger partial charge in [-0.2, -0.15) is 0 Å². The van der Waals surface area contributed by atoms with E-state index < -0.39 is 0 Å². The normalized spacial score (nSPS) is 12.2. The van der Waals surface area contributed by atoms with Crippen LogP contribution >= 0.6 is 15.9 Å². The van der Waals surface area contributed by atoms with Crippen molar-refractivity contribution in [1.82, 2.24) is 4.98 Å². The molecule has 0 aliphatic carbocycles. The summed E-state index contributed by atoms with van der Waals surface area (Å²) in [5, 5.41) is 3.36. The Bertz CT molecular complexity index is 512. The van der Waals surface area contributed by atoms with E-state index in [1.807, 2.05) is 37.3 Å². The zero-order valence-corrected chi connectivity index (χ0v) is 11.1. The minimum Gasteiger partial charge on any atom is -0.354 e. The second kappa shape index (κ2) is 5.29. The molecule has 0 fully saturated rings. The van der Waals surface area contributed by atoms with Crippen LogP contribution in [0.5, 0.6) is 0 Å². The second-order valence-electron chi connectivity index (χ2n) is 3.86. The summed E-state index contributed by atoms with van der Waals surface area (Å²) in [4.78, 5) is 4.03. The van der Waals surface area contributed by atoms with Crippen LogP contribution in [0.2, 0.25) is 0 Å². The van der Waals surface area contributed by atoms with Gasteiger partial charge >= 0.3 is 0 Å². The van der Waals surface area contributed by atoms with Crippen LogP contribution in [-0.4, -0.2) is 4.98 Å². The maximum atomic E-state index is 5.94. The van der Waals surface area contributed by atoms with Gasteiger partial charge in [-0.25, -0.2) is 0 Å². The molecule has 0 bridgehead atoms. The largest absolute Gasteiger partial charge is 0.354 e. The number of halogens is 1. The van der Waals surface area contributed by atoms with Crippen LogP contribution in [0.15, 0.2) is 47.2 Å². The maximum Gasteiger partial charge on any atom is 0.0593 e. The quantitative estimate of drug-likeness (QED) is 0.908. The minimum absolute atomic E-state index is 0.000636. The molecule has 0 saturated carbocycles. The SMILES string of the molecule is CC(N)c1ccccc1Nc1ccncc1Br. The molecule has 1 aromatic carbocycles. The van der Waals surface area contributed by atoms with Crippen molar-refractivity contribution in [1.29, 1.82) is 0 Å². The van der Waals surface area contributed by atoms with E-state index in [2.05, 4.69) is 26.2 Å². The van der Waals surface area contributed by atoms with Crippen LogP contribution in [0.4, 0.5) is 11.4 Å². The molecule has 2 rings (SSSR count). The monoisotopic (exact) mass is 291 g/mol. The van der Waals surface area contributed by atoms with Crippen molar-refractivity contribution in [3.63, 3.8) is 0 Å². The van der Waals surface area contributed by atoms with Crippen molar-refractivity contribution in [2.24, 2.45) is 5.73 Å². The van der Waals surface area contributed by atoms with Crippen LogP contribution in [-0.2, 0) is 0 Å². The molecular formula is C13H14BrN3. The van der Waals surface area contributed by atoms with E-state index in [4.69, 9.17) is 5.73 Å². The molecular weight excluding hydrogens is 278 g/mol. The van der Waals surface area contributed by atoms with Gasteiger partial charge in [-0.15, -0.1) is 0 Å². The summed E-state index contributed by atoms with van der Waals surface area (Å²) in [5.41, 5.74) is 9.04. The Labute approximate surface area is 109 Å². The van der Waals surface area contributed by atoms with Crippen molar-refractivity contribution in [3.8, 4) is 0 Å². The molecule has 4 heteroatoms. The highest BCUT2D eigenvalue weighted by atomic mass is 79.9. The molecule has 1 unspecified atom stereocenters. The summed E-state index contributed by atoms with van der Waals surface area (Å²) in [6, 6.07) is 9.95. The molecule has 0 saturated heterocycles. The Kier molecular flexibility index (Phi) is 3.76. The third-order valence-electron chi connectivity index (χ3n) is 2.49. The Morgan fingerprint density at radius 1 is 1.24 bits per heavy atom. The molecule has 0 spiro atoms. The van der Waals surface area contributed by atoms with Crippen LogP contribution in [0, 0.1) is 0 Å². The number of hydrogen-bond acceptors (Lipinski definition) is 3. The number of hydrogen-bond donors (Lipinski definition) is 2. The third kappa shape index (κ3) is 2.84. The molecule has 2 aromatic rings. The first kappa shape index (κ1) is 12.1. The number of rotatable bonds is 3. The molecule has 88 valence electrons. The Hall–Kier alpha value is -1.39. The maximum absolute atomic E-state index is 5.94. The zero-order valence-electron chi connectivity index (χ0n) is 9.52. The first-order valence-electron chi connectivity index (χ1n) is 5.39. The molecule has 3 N–H and O–H groups in total. The summed E-state index contributed by atoms with van der Waals surface area (Å²) >= 11 is 3.46. The molecule has 0 aliphatic heterocycles. The van der Waals surface area contributed by atoms with Gasteiger partial charge in [0.2, 0.25) is 0 Å². The van der Waals surface area contributed by atoms with Crippen LogP contribution in [0.25, 0.3) is 0 Å². The number of aromatic nitrogens is 1. The van der Waals surface area contributed by atoms with Gasteiger partial charge in [0.25, 0.3) is 0 Å². The Morgan fingerprint density at radius 3 is 2.71 bits per heavy atom. The van der Waals surface area contributed by atoms with Gasteiger partial charge in [0.05, 0.1) is 10.2 Å². The predicted molar refractivity (Wildman–Crippen MR) is 74.3 cm³/mol. The van der Waals surface area contributed by atoms with Gasteiger partial charge in [0, 0.05) is 24.1 Å². The fraction of sp³-hybridized carbons (Fsp3) is 0.154. The Morgan fingerprint density at radius 2 is 2.00 bits per heavy atom. The highest BCUT2D eigenvalue weighted by Gasteiger charge is 2.07. The molecule has 1 heterocycles. The lowest BCUT2D eigenvalue weighted by atomic mass is 10.1. The number of nitrogens with one attached hydrogen (secondary N) is 1. The molecule has 3 nitrogen and oxygen atoms in total. The number of pyridine rings is 1. The summed E-state index contributed by atoms with van der Waals surface area (Å²) < 4.78 is 0.930.